The molecule has 5 nitrogen and oxygen atoms in total. The van der Waals surface area contributed by atoms with E-state index in [1.807, 2.05) is 17.0 Å². The molecule has 1 heterocycles. The molecule has 1 aromatic carbocycles. The van der Waals surface area contributed by atoms with Gasteiger partial charge in [-0.15, -0.1) is 0 Å². The summed E-state index contributed by atoms with van der Waals surface area (Å²) in [5.41, 5.74) is 1.64. The van der Waals surface area contributed by atoms with Crippen LogP contribution in [-0.4, -0.2) is 49.8 Å². The molecule has 0 unspecified atom stereocenters. The molecule has 4 aliphatic carbocycles. The fraction of sp³-hybridized carbons (Fsp3) is 0.720. The van der Waals surface area contributed by atoms with Crippen LogP contribution in [0.4, 0.5) is 0 Å². The number of carbonyl (C=O) groups is 1. The summed E-state index contributed by atoms with van der Waals surface area (Å²) in [4.78, 5) is 14.3. The summed E-state index contributed by atoms with van der Waals surface area (Å²) in [5.74, 6) is 3.79. The van der Waals surface area contributed by atoms with E-state index in [0.29, 0.717) is 37.8 Å². The number of amides is 1. The molecule has 4 bridgehead atoms. The summed E-state index contributed by atoms with van der Waals surface area (Å²) in [6.45, 7) is 5.86. The largest absolute Gasteiger partial charge is 0.483 e. The standard InChI is InChI=1S/C25H36N2O3/c1-18(25-13-19-10-20(14-25)12-21(11-19)15-25)26-16-22-4-2-3-5-23(22)30-17-24(28)27-6-8-29-9-7-27/h2-5,18-21,26H,6-17H2,1H3/t18-,19?,20?,21?,25?/m1/s1. The van der Waals surface area contributed by atoms with Crippen molar-refractivity contribution < 1.29 is 14.3 Å². The molecule has 5 aliphatic rings. The van der Waals surface area contributed by atoms with Crippen molar-refractivity contribution in [3.63, 3.8) is 0 Å². The third kappa shape index (κ3) is 4.11. The molecule has 6 rings (SSSR count). The quantitative estimate of drug-likeness (QED) is 0.743. The van der Waals surface area contributed by atoms with Crippen LogP contribution >= 0.6 is 0 Å². The van der Waals surface area contributed by atoms with Crippen LogP contribution in [0.25, 0.3) is 0 Å². The Kier molecular flexibility index (Phi) is 5.76. The van der Waals surface area contributed by atoms with Crippen LogP contribution in [0.3, 0.4) is 0 Å². The average Bonchev–Trinajstić information content (AvgIpc) is 2.76. The molecule has 30 heavy (non-hydrogen) atoms. The smallest absolute Gasteiger partial charge is 0.260 e. The molecule has 5 heteroatoms. The van der Waals surface area contributed by atoms with E-state index >= 15 is 0 Å². The molecule has 0 spiro atoms. The number of nitrogens with one attached hydrogen (secondary N) is 1. The van der Waals surface area contributed by atoms with Crippen molar-refractivity contribution in [3.05, 3.63) is 29.8 Å². The lowest BCUT2D eigenvalue weighted by Gasteiger charge is -2.59. The normalized spacial score (nSPS) is 33.5. The fourth-order valence-electron chi connectivity index (χ4n) is 7.02. The number of nitrogens with zero attached hydrogens (tertiary/aromatic N) is 1. The number of para-hydroxylation sites is 1. The molecule has 4 saturated carbocycles. The van der Waals surface area contributed by atoms with E-state index < -0.39 is 0 Å². The zero-order valence-corrected chi connectivity index (χ0v) is 18.3. The van der Waals surface area contributed by atoms with Gasteiger partial charge < -0.3 is 19.7 Å². The fourth-order valence-corrected chi connectivity index (χ4v) is 7.02. The Balaban J connectivity index is 1.18. The predicted octanol–water partition coefficient (Wildman–Crippen LogP) is 3.62. The SMILES string of the molecule is C[C@@H](NCc1ccccc1OCC(=O)N1CCOCC1)C12CC3CC(CC(C3)C1)C2. The van der Waals surface area contributed by atoms with Crippen molar-refractivity contribution in [2.45, 2.75) is 58.0 Å². The molecule has 1 saturated heterocycles. The highest BCUT2D eigenvalue weighted by atomic mass is 16.5. The summed E-state index contributed by atoms with van der Waals surface area (Å²) >= 11 is 0. The van der Waals surface area contributed by atoms with Crippen molar-refractivity contribution >= 4 is 5.91 Å². The van der Waals surface area contributed by atoms with Crippen LogP contribution in [0.15, 0.2) is 24.3 Å². The Hall–Kier alpha value is -1.59. The summed E-state index contributed by atoms with van der Waals surface area (Å²) < 4.78 is 11.3. The van der Waals surface area contributed by atoms with Crippen LogP contribution in [0.2, 0.25) is 0 Å². The maximum atomic E-state index is 12.4. The van der Waals surface area contributed by atoms with Crippen LogP contribution in [-0.2, 0) is 16.1 Å². The molecular weight excluding hydrogens is 376 g/mol. The van der Waals surface area contributed by atoms with E-state index in [1.54, 1.807) is 0 Å². The number of rotatable bonds is 7. The van der Waals surface area contributed by atoms with E-state index in [-0.39, 0.29) is 12.5 Å². The lowest BCUT2D eigenvalue weighted by Crippen LogP contribution is -2.54. The van der Waals surface area contributed by atoms with Crippen molar-refractivity contribution in [1.82, 2.24) is 10.2 Å². The summed E-state index contributed by atoms with van der Waals surface area (Å²) in [6.07, 6.45) is 8.71. The van der Waals surface area contributed by atoms with Gasteiger partial charge in [-0.25, -0.2) is 0 Å². The number of ether oxygens (including phenoxy) is 2. The third-order valence-corrected chi connectivity index (χ3v) is 8.29. The molecule has 164 valence electrons. The Labute approximate surface area is 180 Å². The van der Waals surface area contributed by atoms with Crippen molar-refractivity contribution in [3.8, 4) is 5.75 Å². The maximum absolute atomic E-state index is 12.4. The van der Waals surface area contributed by atoms with Gasteiger partial charge in [-0.3, -0.25) is 4.79 Å². The van der Waals surface area contributed by atoms with Crippen molar-refractivity contribution in [1.29, 1.82) is 0 Å². The zero-order valence-electron chi connectivity index (χ0n) is 18.3. The van der Waals surface area contributed by atoms with Crippen molar-refractivity contribution in [2.75, 3.05) is 32.9 Å². The van der Waals surface area contributed by atoms with Crippen molar-refractivity contribution in [2.24, 2.45) is 23.2 Å². The second-order valence-corrected chi connectivity index (χ2v) is 10.3. The van der Waals surface area contributed by atoms with Gasteiger partial charge in [0.15, 0.2) is 6.61 Å². The Morgan fingerprint density at radius 2 is 1.77 bits per heavy atom. The Morgan fingerprint density at radius 3 is 2.43 bits per heavy atom. The van der Waals surface area contributed by atoms with Gasteiger partial charge >= 0.3 is 0 Å². The van der Waals surface area contributed by atoms with Gasteiger partial charge in [0.05, 0.1) is 13.2 Å². The number of hydrogen-bond acceptors (Lipinski definition) is 4. The highest BCUT2D eigenvalue weighted by molar-refractivity contribution is 5.77. The van der Waals surface area contributed by atoms with E-state index in [2.05, 4.69) is 24.4 Å². The second-order valence-electron chi connectivity index (χ2n) is 10.3. The molecule has 0 radical (unpaired) electrons. The minimum absolute atomic E-state index is 0.0444. The first-order chi connectivity index (χ1) is 14.6. The molecule has 1 amide bonds. The first-order valence-electron chi connectivity index (χ1n) is 11.9. The van der Waals surface area contributed by atoms with E-state index in [0.717, 1.165) is 35.6 Å². The first kappa shape index (κ1) is 20.3. The summed E-state index contributed by atoms with van der Waals surface area (Å²) in [5, 5.41) is 3.86. The Morgan fingerprint density at radius 1 is 1.13 bits per heavy atom. The zero-order chi connectivity index (χ0) is 20.6. The van der Waals surface area contributed by atoms with Gasteiger partial charge in [0, 0.05) is 31.2 Å². The number of hydrogen-bond donors (Lipinski definition) is 1. The lowest BCUT2D eigenvalue weighted by molar-refractivity contribution is -0.137. The van der Waals surface area contributed by atoms with Gasteiger partial charge in [-0.2, -0.15) is 0 Å². The monoisotopic (exact) mass is 412 g/mol. The van der Waals surface area contributed by atoms with Gasteiger partial charge in [-0.05, 0) is 74.7 Å². The molecule has 0 aromatic heterocycles. The molecule has 1 N–H and O–H groups in total. The minimum Gasteiger partial charge on any atom is -0.483 e. The molecule has 1 atom stereocenters. The molecule has 5 fully saturated rings. The Bertz CT molecular complexity index is 723. The molecular formula is C25H36N2O3. The second kappa shape index (κ2) is 8.51. The number of carbonyl (C=O) groups excluding carboxylic acids is 1. The number of benzene rings is 1. The molecule has 1 aromatic rings. The van der Waals surface area contributed by atoms with Crippen LogP contribution < -0.4 is 10.1 Å². The van der Waals surface area contributed by atoms with E-state index in [4.69, 9.17) is 9.47 Å². The molecule has 1 aliphatic heterocycles. The average molecular weight is 413 g/mol. The van der Waals surface area contributed by atoms with Gasteiger partial charge in [0.1, 0.15) is 5.75 Å². The van der Waals surface area contributed by atoms with E-state index in [1.165, 1.54) is 38.5 Å². The minimum atomic E-state index is 0.0444. The highest BCUT2D eigenvalue weighted by Gasteiger charge is 2.52. The lowest BCUT2D eigenvalue weighted by atomic mass is 9.48. The summed E-state index contributed by atoms with van der Waals surface area (Å²) in [6, 6.07) is 8.67. The highest BCUT2D eigenvalue weighted by Crippen LogP contribution is 2.61. The predicted molar refractivity (Wildman–Crippen MR) is 116 cm³/mol. The van der Waals surface area contributed by atoms with Gasteiger partial charge in [0.25, 0.3) is 5.91 Å². The first-order valence-corrected chi connectivity index (χ1v) is 11.9. The third-order valence-electron chi connectivity index (χ3n) is 8.29. The number of morpholine rings is 1. The summed E-state index contributed by atoms with van der Waals surface area (Å²) in [7, 11) is 0. The maximum Gasteiger partial charge on any atom is 0.260 e. The van der Waals surface area contributed by atoms with Crippen LogP contribution in [0.1, 0.15) is 51.0 Å². The topological polar surface area (TPSA) is 50.8 Å². The van der Waals surface area contributed by atoms with Crippen LogP contribution in [0, 0.1) is 23.2 Å². The van der Waals surface area contributed by atoms with Crippen LogP contribution in [0.5, 0.6) is 5.75 Å². The van der Waals surface area contributed by atoms with E-state index in [9.17, 15) is 4.79 Å². The van der Waals surface area contributed by atoms with Gasteiger partial charge in [0.2, 0.25) is 0 Å². The van der Waals surface area contributed by atoms with Gasteiger partial charge in [-0.1, -0.05) is 18.2 Å².